The zero-order chi connectivity index (χ0) is 8.67. The van der Waals surface area contributed by atoms with Gasteiger partial charge in [0.15, 0.2) is 5.65 Å². The van der Waals surface area contributed by atoms with Crippen molar-refractivity contribution >= 4 is 16.6 Å². The van der Waals surface area contributed by atoms with E-state index < -0.39 is 0 Å². The highest BCUT2D eigenvalue weighted by molar-refractivity contribution is 5.90. The fourth-order valence-corrected chi connectivity index (χ4v) is 1.42. The van der Waals surface area contributed by atoms with Crippen LogP contribution in [0.1, 0.15) is 0 Å². The Kier molecular flexibility index (Phi) is 1.14. The first-order valence-electron chi connectivity index (χ1n) is 3.98. The molecule has 2 aromatic heterocycles. The third-order valence-corrected chi connectivity index (χ3v) is 2.04. The van der Waals surface area contributed by atoms with Crippen LogP contribution in [0.4, 0.5) is 0 Å². The second kappa shape index (κ2) is 2.26. The maximum absolute atomic E-state index is 4.26. The van der Waals surface area contributed by atoms with E-state index in [-0.39, 0.29) is 0 Å². The van der Waals surface area contributed by atoms with E-state index in [0.29, 0.717) is 0 Å². The summed E-state index contributed by atoms with van der Waals surface area (Å²) in [4.78, 5) is 4.26. The number of nitrogens with zero attached hydrogens (tertiary/aromatic N) is 4. The molecule has 0 saturated carbocycles. The average molecular weight is 170 g/mol. The molecule has 0 spiro atoms. The number of hydrogen-bond acceptors (Lipinski definition) is 3. The highest BCUT2D eigenvalue weighted by Crippen LogP contribution is 2.14. The van der Waals surface area contributed by atoms with E-state index in [0.717, 1.165) is 16.6 Å². The molecule has 0 aliphatic rings. The minimum Gasteiger partial charge on any atom is -0.271 e. The molecule has 0 N–H and O–H groups in total. The Bertz CT molecular complexity index is 570. The van der Waals surface area contributed by atoms with Gasteiger partial charge in [-0.25, -0.2) is 4.98 Å². The van der Waals surface area contributed by atoms with Crippen LogP contribution in [-0.2, 0) is 0 Å². The summed E-state index contributed by atoms with van der Waals surface area (Å²) in [7, 11) is 0. The smallest absolute Gasteiger partial charge is 0.171 e. The number of benzene rings is 1. The first-order valence-corrected chi connectivity index (χ1v) is 3.98. The highest BCUT2D eigenvalue weighted by Gasteiger charge is 2.00. The molecule has 3 rings (SSSR count). The van der Waals surface area contributed by atoms with Crippen molar-refractivity contribution in [2.45, 2.75) is 0 Å². The SMILES string of the molecule is c1ccc2c(c1)ncn1cnnc21. The van der Waals surface area contributed by atoms with Crippen molar-refractivity contribution < 1.29 is 0 Å². The molecule has 0 atom stereocenters. The number of aromatic nitrogens is 4. The van der Waals surface area contributed by atoms with Crippen LogP contribution in [0.5, 0.6) is 0 Å². The summed E-state index contributed by atoms with van der Waals surface area (Å²) in [5.74, 6) is 0. The zero-order valence-electron chi connectivity index (χ0n) is 6.75. The van der Waals surface area contributed by atoms with Crippen molar-refractivity contribution in [3.8, 4) is 0 Å². The van der Waals surface area contributed by atoms with Crippen LogP contribution < -0.4 is 0 Å². The van der Waals surface area contributed by atoms with Gasteiger partial charge in [-0.3, -0.25) is 4.40 Å². The van der Waals surface area contributed by atoms with E-state index in [1.165, 1.54) is 0 Å². The van der Waals surface area contributed by atoms with E-state index in [4.69, 9.17) is 0 Å². The second-order valence-corrected chi connectivity index (χ2v) is 2.82. The van der Waals surface area contributed by atoms with Gasteiger partial charge in [-0.1, -0.05) is 12.1 Å². The Hall–Kier alpha value is -1.97. The minimum absolute atomic E-state index is 0.852. The van der Waals surface area contributed by atoms with E-state index in [2.05, 4.69) is 15.2 Å². The summed E-state index contributed by atoms with van der Waals surface area (Å²) < 4.78 is 1.81. The summed E-state index contributed by atoms with van der Waals surface area (Å²) in [6.07, 6.45) is 3.37. The largest absolute Gasteiger partial charge is 0.271 e. The molecule has 62 valence electrons. The molecule has 2 heterocycles. The molecule has 0 fully saturated rings. The molecule has 1 aromatic carbocycles. The van der Waals surface area contributed by atoms with Crippen LogP contribution in [0.2, 0.25) is 0 Å². The van der Waals surface area contributed by atoms with Gasteiger partial charge in [-0.05, 0) is 12.1 Å². The fraction of sp³-hybridized carbons (Fsp3) is 0. The molecule has 0 aliphatic carbocycles. The number of hydrogen-bond donors (Lipinski definition) is 0. The van der Waals surface area contributed by atoms with Crippen molar-refractivity contribution in [1.82, 2.24) is 19.6 Å². The molecule has 0 unspecified atom stereocenters. The molecule has 0 radical (unpaired) electrons. The molecular weight excluding hydrogens is 164 g/mol. The summed E-state index contributed by atoms with van der Waals surface area (Å²) >= 11 is 0. The molecule has 0 aliphatic heterocycles. The van der Waals surface area contributed by atoms with Crippen LogP contribution in [0.25, 0.3) is 16.6 Å². The Labute approximate surface area is 73.9 Å². The monoisotopic (exact) mass is 170 g/mol. The lowest BCUT2D eigenvalue weighted by Gasteiger charge is -1.96. The van der Waals surface area contributed by atoms with Crippen molar-refractivity contribution in [2.24, 2.45) is 0 Å². The van der Waals surface area contributed by atoms with E-state index in [1.807, 2.05) is 28.7 Å². The Morgan fingerprint density at radius 2 is 2.00 bits per heavy atom. The van der Waals surface area contributed by atoms with Crippen LogP contribution in [0.3, 0.4) is 0 Å². The topological polar surface area (TPSA) is 43.1 Å². The second-order valence-electron chi connectivity index (χ2n) is 2.82. The molecular formula is C9H6N4. The summed E-state index contributed by atoms with van der Waals surface area (Å²) in [5.41, 5.74) is 1.80. The van der Waals surface area contributed by atoms with Crippen LogP contribution in [0.15, 0.2) is 36.9 Å². The van der Waals surface area contributed by atoms with Gasteiger partial charge in [0.1, 0.15) is 12.7 Å². The van der Waals surface area contributed by atoms with Gasteiger partial charge < -0.3 is 0 Å². The predicted molar refractivity (Wildman–Crippen MR) is 48.3 cm³/mol. The van der Waals surface area contributed by atoms with E-state index in [9.17, 15) is 0 Å². The maximum Gasteiger partial charge on any atom is 0.171 e. The lowest BCUT2D eigenvalue weighted by Crippen LogP contribution is -1.87. The molecule has 0 bridgehead atoms. The maximum atomic E-state index is 4.26. The first-order chi connectivity index (χ1) is 6.45. The third-order valence-electron chi connectivity index (χ3n) is 2.04. The van der Waals surface area contributed by atoms with Crippen molar-refractivity contribution in [3.63, 3.8) is 0 Å². The zero-order valence-corrected chi connectivity index (χ0v) is 6.75. The van der Waals surface area contributed by atoms with Gasteiger partial charge in [-0.15, -0.1) is 10.2 Å². The molecule has 4 heteroatoms. The molecule has 3 aromatic rings. The fourth-order valence-electron chi connectivity index (χ4n) is 1.42. The number of para-hydroxylation sites is 1. The van der Waals surface area contributed by atoms with Gasteiger partial charge in [0.05, 0.1) is 5.52 Å². The van der Waals surface area contributed by atoms with Gasteiger partial charge in [0.25, 0.3) is 0 Å². The van der Waals surface area contributed by atoms with E-state index >= 15 is 0 Å². The first kappa shape index (κ1) is 6.54. The normalized spacial score (nSPS) is 11.1. The summed E-state index contributed by atoms with van der Waals surface area (Å²) in [6.45, 7) is 0. The Morgan fingerprint density at radius 3 is 3.00 bits per heavy atom. The van der Waals surface area contributed by atoms with Crippen molar-refractivity contribution in [2.75, 3.05) is 0 Å². The lowest BCUT2D eigenvalue weighted by molar-refractivity contribution is 1.08. The van der Waals surface area contributed by atoms with Gasteiger partial charge >= 0.3 is 0 Å². The van der Waals surface area contributed by atoms with Crippen LogP contribution in [-0.4, -0.2) is 19.6 Å². The summed E-state index contributed by atoms with van der Waals surface area (Å²) in [5, 5.41) is 8.87. The average Bonchev–Trinajstić information content (AvgIpc) is 2.65. The molecule has 4 nitrogen and oxygen atoms in total. The quantitative estimate of drug-likeness (QED) is 0.510. The van der Waals surface area contributed by atoms with Gasteiger partial charge in [-0.2, -0.15) is 0 Å². The summed E-state index contributed by atoms with van der Waals surface area (Å²) in [6, 6.07) is 7.89. The van der Waals surface area contributed by atoms with E-state index in [1.54, 1.807) is 12.7 Å². The molecule has 0 saturated heterocycles. The number of fused-ring (bicyclic) bond motifs is 3. The van der Waals surface area contributed by atoms with Crippen LogP contribution in [0, 0.1) is 0 Å². The third kappa shape index (κ3) is 0.823. The van der Waals surface area contributed by atoms with Crippen molar-refractivity contribution in [1.29, 1.82) is 0 Å². The lowest BCUT2D eigenvalue weighted by atomic mass is 10.2. The molecule has 0 amide bonds. The van der Waals surface area contributed by atoms with Gasteiger partial charge in [0, 0.05) is 5.39 Å². The Balaban J connectivity index is 2.65. The molecule has 13 heavy (non-hydrogen) atoms. The van der Waals surface area contributed by atoms with Gasteiger partial charge in [0.2, 0.25) is 0 Å². The van der Waals surface area contributed by atoms with Crippen molar-refractivity contribution in [3.05, 3.63) is 36.9 Å². The minimum atomic E-state index is 0.852. The standard InChI is InChI=1S/C9H6N4/c1-2-4-8-7(3-1)9-12-11-6-13(9)5-10-8/h1-6H. The number of rotatable bonds is 0. The Morgan fingerprint density at radius 1 is 1.08 bits per heavy atom. The highest BCUT2D eigenvalue weighted by atomic mass is 15.2. The predicted octanol–water partition coefficient (Wildman–Crippen LogP) is 1.28. The van der Waals surface area contributed by atoms with Crippen LogP contribution >= 0.6 is 0 Å².